The Balaban J connectivity index is 0.000000552. The topological polar surface area (TPSA) is 115 Å². The number of rotatable bonds is 2. The maximum atomic E-state index is 12.4. The highest BCUT2D eigenvalue weighted by atomic mass is 35.5. The van der Waals surface area contributed by atoms with Gasteiger partial charge in [-0.25, -0.2) is 0 Å². The Kier molecular flexibility index (Phi) is 5.90. The van der Waals surface area contributed by atoms with Crippen LogP contribution in [0, 0.1) is 6.92 Å². The predicted octanol–water partition coefficient (Wildman–Crippen LogP) is 2.37. The van der Waals surface area contributed by atoms with Crippen LogP contribution in [0.2, 0.25) is 5.02 Å². The van der Waals surface area contributed by atoms with Crippen molar-refractivity contribution in [2.45, 2.75) is 13.8 Å². The second-order valence-electron chi connectivity index (χ2n) is 5.84. The van der Waals surface area contributed by atoms with Crippen molar-refractivity contribution in [3.05, 3.63) is 78.1 Å². The lowest BCUT2D eigenvalue weighted by atomic mass is 10.2. The molecule has 1 aromatic carbocycles. The first-order valence-electron chi connectivity index (χ1n) is 8.22. The van der Waals surface area contributed by atoms with E-state index in [1.165, 1.54) is 6.92 Å². The number of aryl methyl sites for hydroxylation is 1. The molecule has 0 radical (unpaired) electrons. The lowest BCUT2D eigenvalue weighted by Crippen LogP contribution is -2.27. The molecule has 8 nitrogen and oxygen atoms in total. The molecule has 148 valence electrons. The number of benzene rings is 1. The van der Waals surface area contributed by atoms with Crippen molar-refractivity contribution in [3.63, 3.8) is 0 Å². The zero-order valence-corrected chi connectivity index (χ0v) is 16.8. The Morgan fingerprint density at radius 2 is 1.86 bits per heavy atom. The van der Waals surface area contributed by atoms with E-state index in [4.69, 9.17) is 25.9 Å². The summed E-state index contributed by atoms with van der Waals surface area (Å²) >= 11 is 6.98. The standard InChI is InChI=1S/C17H10ClN3O3S.C2H4O2/c1-9-15(22)19-17-21(20-9)16(23)14(25-17)8-12-6-7-13(24-12)10-2-4-11(18)5-3-10;1-2(3)4/h2-8H,1H3;1H3,(H,3,4)/b14-8+;. The van der Waals surface area contributed by atoms with Crippen molar-refractivity contribution in [1.29, 1.82) is 0 Å². The van der Waals surface area contributed by atoms with Crippen LogP contribution in [0.5, 0.6) is 0 Å². The van der Waals surface area contributed by atoms with Gasteiger partial charge >= 0.3 is 0 Å². The van der Waals surface area contributed by atoms with Gasteiger partial charge in [0, 0.05) is 23.6 Å². The minimum absolute atomic E-state index is 0.182. The highest BCUT2D eigenvalue weighted by molar-refractivity contribution is 7.15. The van der Waals surface area contributed by atoms with E-state index in [1.54, 1.807) is 24.3 Å². The number of hydrogen-bond donors (Lipinski definition) is 1. The molecule has 0 fully saturated rings. The first kappa shape index (κ1) is 20.4. The Bertz CT molecular complexity index is 1350. The van der Waals surface area contributed by atoms with Crippen molar-refractivity contribution in [3.8, 4) is 11.3 Å². The number of carbonyl (C=O) groups is 1. The smallest absolute Gasteiger partial charge is 0.300 e. The maximum Gasteiger partial charge on any atom is 0.300 e. The summed E-state index contributed by atoms with van der Waals surface area (Å²) in [6.07, 6.45) is 1.61. The molecular weight excluding hydrogens is 418 g/mol. The second-order valence-corrected chi connectivity index (χ2v) is 7.29. The Morgan fingerprint density at radius 1 is 1.21 bits per heavy atom. The van der Waals surface area contributed by atoms with Crippen LogP contribution in [0.3, 0.4) is 0 Å². The zero-order chi connectivity index (χ0) is 21.1. The van der Waals surface area contributed by atoms with E-state index in [-0.39, 0.29) is 16.2 Å². The number of nitrogens with zero attached hydrogens (tertiary/aromatic N) is 3. The molecule has 0 aliphatic carbocycles. The SMILES string of the molecule is CC(=O)O.Cc1nn2c(=O)/c(=C\c3ccc(-c4ccc(Cl)cc4)o3)sc2nc1=O. The van der Waals surface area contributed by atoms with Crippen molar-refractivity contribution >= 4 is 39.9 Å². The van der Waals surface area contributed by atoms with E-state index in [0.717, 1.165) is 28.3 Å². The number of carboxylic acid groups (broad SMARTS) is 1. The fraction of sp³-hybridized carbons (Fsp3) is 0.105. The Morgan fingerprint density at radius 3 is 2.52 bits per heavy atom. The van der Waals surface area contributed by atoms with Gasteiger partial charge in [0.2, 0.25) is 4.96 Å². The molecule has 4 aromatic rings. The molecule has 3 heterocycles. The second kappa shape index (κ2) is 8.38. The highest BCUT2D eigenvalue weighted by Gasteiger charge is 2.09. The van der Waals surface area contributed by atoms with Crippen LogP contribution >= 0.6 is 22.9 Å². The van der Waals surface area contributed by atoms with E-state index in [0.29, 0.717) is 21.1 Å². The van der Waals surface area contributed by atoms with Crippen molar-refractivity contribution < 1.29 is 14.3 Å². The molecule has 0 saturated heterocycles. The summed E-state index contributed by atoms with van der Waals surface area (Å²) in [7, 11) is 0. The summed E-state index contributed by atoms with van der Waals surface area (Å²) < 4.78 is 7.30. The molecule has 0 saturated carbocycles. The van der Waals surface area contributed by atoms with E-state index in [2.05, 4.69) is 10.1 Å². The number of carboxylic acids is 1. The molecule has 0 aliphatic rings. The van der Waals surface area contributed by atoms with Crippen LogP contribution in [-0.2, 0) is 4.79 Å². The van der Waals surface area contributed by atoms with Crippen molar-refractivity contribution in [2.75, 3.05) is 0 Å². The molecule has 0 spiro atoms. The highest BCUT2D eigenvalue weighted by Crippen LogP contribution is 2.24. The third-order valence-corrected chi connectivity index (χ3v) is 4.78. The van der Waals surface area contributed by atoms with Gasteiger partial charge in [-0.1, -0.05) is 22.9 Å². The monoisotopic (exact) mass is 431 g/mol. The van der Waals surface area contributed by atoms with Gasteiger partial charge in [0.15, 0.2) is 0 Å². The molecule has 0 unspecified atom stereocenters. The van der Waals surface area contributed by atoms with Crippen molar-refractivity contribution in [2.24, 2.45) is 0 Å². The predicted molar refractivity (Wildman–Crippen MR) is 109 cm³/mol. The van der Waals surface area contributed by atoms with Crippen LogP contribution < -0.4 is 15.7 Å². The average Bonchev–Trinajstić information content (AvgIpc) is 3.22. The summed E-state index contributed by atoms with van der Waals surface area (Å²) in [6.45, 7) is 2.60. The molecule has 3 aromatic heterocycles. The summed E-state index contributed by atoms with van der Waals surface area (Å²) in [5.41, 5.74) is 0.296. The van der Waals surface area contributed by atoms with Crippen LogP contribution in [0.4, 0.5) is 0 Å². The van der Waals surface area contributed by atoms with E-state index >= 15 is 0 Å². The van der Waals surface area contributed by atoms with Gasteiger partial charge in [-0.05, 0) is 43.3 Å². The molecule has 29 heavy (non-hydrogen) atoms. The summed E-state index contributed by atoms with van der Waals surface area (Å²) in [5, 5.41) is 12.0. The molecule has 4 rings (SSSR count). The lowest BCUT2D eigenvalue weighted by Gasteiger charge is -1.96. The van der Waals surface area contributed by atoms with Crippen LogP contribution in [0.1, 0.15) is 18.4 Å². The van der Waals surface area contributed by atoms with Crippen LogP contribution in [0.15, 0.2) is 50.4 Å². The lowest BCUT2D eigenvalue weighted by molar-refractivity contribution is -0.134. The minimum atomic E-state index is -0.833. The largest absolute Gasteiger partial charge is 0.481 e. The summed E-state index contributed by atoms with van der Waals surface area (Å²) in [4.78, 5) is 37.1. The third kappa shape index (κ3) is 4.76. The maximum absolute atomic E-state index is 12.4. The average molecular weight is 432 g/mol. The van der Waals surface area contributed by atoms with Gasteiger partial charge in [-0.15, -0.1) is 0 Å². The van der Waals surface area contributed by atoms with Gasteiger partial charge in [0.05, 0.1) is 0 Å². The Labute approximate surface area is 172 Å². The number of fused-ring (bicyclic) bond motifs is 1. The fourth-order valence-corrected chi connectivity index (χ4v) is 3.33. The molecule has 1 N–H and O–H groups in total. The number of aliphatic carboxylic acids is 1. The molecular formula is C19H14ClN3O5S. The molecule has 0 aliphatic heterocycles. The molecule has 0 atom stereocenters. The summed E-state index contributed by atoms with van der Waals surface area (Å²) in [6, 6.07) is 10.8. The number of aromatic nitrogens is 3. The van der Waals surface area contributed by atoms with Gasteiger partial charge in [0.25, 0.3) is 17.1 Å². The van der Waals surface area contributed by atoms with Gasteiger partial charge in [-0.2, -0.15) is 14.6 Å². The molecule has 0 bridgehead atoms. The first-order valence-corrected chi connectivity index (χ1v) is 9.41. The van der Waals surface area contributed by atoms with E-state index < -0.39 is 11.5 Å². The molecule has 0 amide bonds. The van der Waals surface area contributed by atoms with Gasteiger partial charge in [0.1, 0.15) is 21.7 Å². The van der Waals surface area contributed by atoms with Gasteiger partial charge in [-0.3, -0.25) is 14.4 Å². The quantitative estimate of drug-likeness (QED) is 0.518. The number of halogens is 1. The fourth-order valence-electron chi connectivity index (χ4n) is 2.32. The Hall–Kier alpha value is -3.30. The number of hydrogen-bond acceptors (Lipinski definition) is 7. The molecule has 10 heteroatoms. The van der Waals surface area contributed by atoms with Crippen LogP contribution in [-0.4, -0.2) is 25.7 Å². The number of furan rings is 1. The third-order valence-electron chi connectivity index (χ3n) is 3.57. The summed E-state index contributed by atoms with van der Waals surface area (Å²) in [5.74, 6) is 0.353. The van der Waals surface area contributed by atoms with Crippen molar-refractivity contribution in [1.82, 2.24) is 14.6 Å². The minimum Gasteiger partial charge on any atom is -0.481 e. The first-order chi connectivity index (χ1) is 13.7. The van der Waals surface area contributed by atoms with E-state index in [9.17, 15) is 9.59 Å². The number of thiazole rings is 1. The zero-order valence-electron chi connectivity index (χ0n) is 15.2. The van der Waals surface area contributed by atoms with Crippen LogP contribution in [0.25, 0.3) is 22.4 Å². The van der Waals surface area contributed by atoms with E-state index in [1.807, 2.05) is 18.2 Å². The normalized spacial score (nSPS) is 11.3. The van der Waals surface area contributed by atoms with Gasteiger partial charge < -0.3 is 9.52 Å².